The third-order valence-electron chi connectivity index (χ3n) is 4.87. The minimum absolute atomic E-state index is 0.182. The van der Waals surface area contributed by atoms with Crippen molar-refractivity contribution in [3.05, 3.63) is 40.7 Å². The molecule has 1 unspecified atom stereocenters. The third-order valence-corrected chi connectivity index (χ3v) is 4.87. The van der Waals surface area contributed by atoms with Gasteiger partial charge in [-0.1, -0.05) is 18.2 Å². The van der Waals surface area contributed by atoms with Crippen LogP contribution in [0, 0.1) is 13.8 Å². The molecule has 1 spiro atoms. The molecule has 4 rings (SSSR count). The topological polar surface area (TPSA) is 76.3 Å². The fourth-order valence-electron chi connectivity index (χ4n) is 3.77. The average molecular weight is 296 g/mol. The Hall–Kier alpha value is -2.30. The van der Waals surface area contributed by atoms with Gasteiger partial charge in [-0.05, 0) is 43.4 Å². The van der Waals surface area contributed by atoms with Crippen LogP contribution in [0.2, 0.25) is 0 Å². The van der Waals surface area contributed by atoms with E-state index in [2.05, 4.69) is 40.3 Å². The van der Waals surface area contributed by atoms with Gasteiger partial charge in [0.2, 0.25) is 0 Å². The Morgan fingerprint density at radius 3 is 2.86 bits per heavy atom. The van der Waals surface area contributed by atoms with Crippen molar-refractivity contribution >= 4 is 6.02 Å². The number of aromatic amines is 1. The number of aromatic nitrogens is 2. The molecule has 22 heavy (non-hydrogen) atoms. The molecule has 5 nitrogen and oxygen atoms in total. The number of fused-ring (bicyclic) bond motifs is 1. The van der Waals surface area contributed by atoms with Crippen molar-refractivity contribution in [2.75, 3.05) is 6.61 Å². The zero-order valence-corrected chi connectivity index (χ0v) is 12.9. The summed E-state index contributed by atoms with van der Waals surface area (Å²) in [5.74, 6) is 0. The normalized spacial score (nSPS) is 23.3. The molecular formula is C17H20N4O. The Morgan fingerprint density at radius 1 is 1.32 bits per heavy atom. The Kier molecular flexibility index (Phi) is 2.79. The summed E-state index contributed by atoms with van der Waals surface area (Å²) in [4.78, 5) is 4.59. The summed E-state index contributed by atoms with van der Waals surface area (Å²) in [5.41, 5.74) is 13.0. The number of amidine groups is 1. The van der Waals surface area contributed by atoms with Crippen LogP contribution in [-0.4, -0.2) is 28.4 Å². The number of hydrogen-bond donors (Lipinski definition) is 2. The predicted molar refractivity (Wildman–Crippen MR) is 85.8 cm³/mol. The molecule has 3 N–H and O–H groups in total. The van der Waals surface area contributed by atoms with Gasteiger partial charge in [0.25, 0.3) is 6.02 Å². The second-order valence-corrected chi connectivity index (χ2v) is 6.39. The monoisotopic (exact) mass is 296 g/mol. The molecule has 1 aromatic carbocycles. The van der Waals surface area contributed by atoms with Gasteiger partial charge in [0.05, 0.1) is 5.69 Å². The molecule has 1 aromatic heterocycles. The third kappa shape index (κ3) is 1.92. The highest BCUT2D eigenvalue weighted by atomic mass is 16.5. The van der Waals surface area contributed by atoms with Crippen LogP contribution in [0.1, 0.15) is 28.9 Å². The van der Waals surface area contributed by atoms with Crippen molar-refractivity contribution in [2.45, 2.75) is 38.6 Å². The average Bonchev–Trinajstić information content (AvgIpc) is 3.02. The molecule has 0 amide bonds. The maximum Gasteiger partial charge on any atom is 0.282 e. The number of nitrogens with two attached hydrogens (primary N) is 1. The number of hydrogen-bond acceptors (Lipinski definition) is 4. The first-order valence-corrected chi connectivity index (χ1v) is 7.69. The van der Waals surface area contributed by atoms with Crippen molar-refractivity contribution in [2.24, 2.45) is 10.7 Å². The van der Waals surface area contributed by atoms with Crippen LogP contribution >= 0.6 is 0 Å². The summed E-state index contributed by atoms with van der Waals surface area (Å²) in [6.07, 6.45) is 2.88. The highest BCUT2D eigenvalue weighted by Gasteiger charge is 2.40. The van der Waals surface area contributed by atoms with E-state index in [9.17, 15) is 0 Å². The molecule has 1 atom stereocenters. The summed E-state index contributed by atoms with van der Waals surface area (Å²) in [5, 5.41) is 7.43. The van der Waals surface area contributed by atoms with Gasteiger partial charge in [0, 0.05) is 17.7 Å². The van der Waals surface area contributed by atoms with Crippen LogP contribution in [0.15, 0.2) is 23.2 Å². The fraction of sp³-hybridized carbons (Fsp3) is 0.412. The lowest BCUT2D eigenvalue weighted by molar-refractivity contribution is 0.235. The summed E-state index contributed by atoms with van der Waals surface area (Å²) < 4.78 is 5.45. The van der Waals surface area contributed by atoms with Crippen molar-refractivity contribution in [1.29, 1.82) is 0 Å². The summed E-state index contributed by atoms with van der Waals surface area (Å²) >= 11 is 0. The summed E-state index contributed by atoms with van der Waals surface area (Å²) in [6.45, 7) is 4.71. The van der Waals surface area contributed by atoms with E-state index in [-0.39, 0.29) is 5.54 Å². The molecule has 0 radical (unpaired) electrons. The Labute approximate surface area is 129 Å². The van der Waals surface area contributed by atoms with Crippen LogP contribution in [-0.2, 0) is 17.6 Å². The smallest absolute Gasteiger partial charge is 0.282 e. The Bertz CT molecular complexity index is 757. The molecule has 2 aromatic rings. The second kappa shape index (κ2) is 4.60. The molecule has 2 heterocycles. The molecule has 0 bridgehead atoms. The highest BCUT2D eigenvalue weighted by Crippen LogP contribution is 2.40. The number of ether oxygens (including phenoxy) is 1. The molecule has 1 aliphatic heterocycles. The number of benzene rings is 1. The van der Waals surface area contributed by atoms with Crippen molar-refractivity contribution < 1.29 is 4.74 Å². The van der Waals surface area contributed by atoms with E-state index in [1.807, 2.05) is 6.92 Å². The van der Waals surface area contributed by atoms with Crippen LogP contribution in [0.4, 0.5) is 0 Å². The minimum Gasteiger partial charge on any atom is -0.463 e. The van der Waals surface area contributed by atoms with E-state index in [1.165, 1.54) is 22.3 Å². The van der Waals surface area contributed by atoms with E-state index < -0.39 is 0 Å². The van der Waals surface area contributed by atoms with Crippen molar-refractivity contribution in [3.8, 4) is 11.1 Å². The predicted octanol–water partition coefficient (Wildman–Crippen LogP) is 2.27. The molecule has 5 heteroatoms. The van der Waals surface area contributed by atoms with Crippen LogP contribution < -0.4 is 5.73 Å². The number of H-pyrrole nitrogens is 1. The number of aryl methyl sites for hydroxylation is 3. The van der Waals surface area contributed by atoms with Gasteiger partial charge in [-0.25, -0.2) is 4.99 Å². The largest absolute Gasteiger partial charge is 0.463 e. The van der Waals surface area contributed by atoms with Crippen LogP contribution in [0.5, 0.6) is 0 Å². The summed E-state index contributed by atoms with van der Waals surface area (Å²) in [7, 11) is 0. The van der Waals surface area contributed by atoms with Gasteiger partial charge in [-0.2, -0.15) is 5.10 Å². The lowest BCUT2D eigenvalue weighted by atomic mass is 9.76. The molecular weight excluding hydrogens is 276 g/mol. The van der Waals surface area contributed by atoms with Gasteiger partial charge in [-0.15, -0.1) is 0 Å². The molecule has 114 valence electrons. The van der Waals surface area contributed by atoms with Gasteiger partial charge in [-0.3, -0.25) is 5.10 Å². The zero-order chi connectivity index (χ0) is 15.3. The first-order chi connectivity index (χ1) is 10.6. The van der Waals surface area contributed by atoms with E-state index in [1.54, 1.807) is 0 Å². The quantitative estimate of drug-likeness (QED) is 0.847. The number of nitrogens with zero attached hydrogens (tertiary/aromatic N) is 2. The maximum atomic E-state index is 5.75. The zero-order valence-electron chi connectivity index (χ0n) is 12.9. The van der Waals surface area contributed by atoms with Gasteiger partial charge in [0.15, 0.2) is 0 Å². The lowest BCUT2D eigenvalue weighted by Crippen LogP contribution is -2.35. The maximum absolute atomic E-state index is 5.75. The van der Waals surface area contributed by atoms with E-state index in [0.29, 0.717) is 12.6 Å². The first-order valence-electron chi connectivity index (χ1n) is 7.69. The Morgan fingerprint density at radius 2 is 2.18 bits per heavy atom. The highest BCUT2D eigenvalue weighted by molar-refractivity contribution is 5.76. The SMILES string of the molecule is Cc1n[nH]c(C)c1-c1cccc2c1CC1(CC2)COC(N)=N1. The molecule has 0 saturated carbocycles. The van der Waals surface area contributed by atoms with Gasteiger partial charge >= 0.3 is 0 Å². The minimum atomic E-state index is -0.182. The van der Waals surface area contributed by atoms with E-state index in [0.717, 1.165) is 30.7 Å². The van der Waals surface area contributed by atoms with Gasteiger partial charge in [0.1, 0.15) is 12.1 Å². The molecule has 2 aliphatic rings. The van der Waals surface area contributed by atoms with Crippen LogP contribution in [0.25, 0.3) is 11.1 Å². The Balaban J connectivity index is 1.85. The molecule has 1 aliphatic carbocycles. The van der Waals surface area contributed by atoms with E-state index >= 15 is 0 Å². The second-order valence-electron chi connectivity index (χ2n) is 6.39. The number of nitrogens with one attached hydrogen (secondary N) is 1. The fourth-order valence-corrected chi connectivity index (χ4v) is 3.77. The summed E-state index contributed by atoms with van der Waals surface area (Å²) in [6, 6.07) is 6.88. The van der Waals surface area contributed by atoms with Crippen molar-refractivity contribution in [1.82, 2.24) is 10.2 Å². The standard InChI is InChI=1S/C17H20N4O/c1-10-15(11(2)21-20-10)13-5-3-4-12-6-7-17(8-14(12)13)9-22-16(18)19-17/h3-5H,6-9H2,1-2H3,(H2,18,19)(H,20,21). The van der Waals surface area contributed by atoms with Crippen molar-refractivity contribution in [3.63, 3.8) is 0 Å². The van der Waals surface area contributed by atoms with E-state index in [4.69, 9.17) is 10.5 Å². The number of aliphatic imine (C=N–C) groups is 1. The van der Waals surface area contributed by atoms with Crippen LogP contribution in [0.3, 0.4) is 0 Å². The number of rotatable bonds is 1. The van der Waals surface area contributed by atoms with Gasteiger partial charge < -0.3 is 10.5 Å². The molecule has 0 saturated heterocycles. The lowest BCUT2D eigenvalue weighted by Gasteiger charge is -2.31. The molecule has 0 fully saturated rings. The first kappa shape index (κ1) is 13.4.